The minimum atomic E-state index is -0.223. The van der Waals surface area contributed by atoms with Gasteiger partial charge in [0.05, 0.1) is 12.0 Å². The zero-order valence-corrected chi connectivity index (χ0v) is 17.4. The number of hydrogen-bond donors (Lipinski definition) is 2. The second kappa shape index (κ2) is 9.23. The molecule has 0 spiro atoms. The first-order valence-corrected chi connectivity index (χ1v) is 10.8. The Morgan fingerprint density at radius 3 is 2.67 bits per heavy atom. The number of hydrogen-bond acceptors (Lipinski definition) is 7. The molecular formula is C21H29N7O2. The maximum Gasteiger partial charge on any atom is 0.254 e. The van der Waals surface area contributed by atoms with E-state index in [1.807, 2.05) is 13.0 Å². The maximum absolute atomic E-state index is 12.2. The van der Waals surface area contributed by atoms with Crippen molar-refractivity contribution in [3.05, 3.63) is 40.2 Å². The Balaban J connectivity index is 1.24. The monoisotopic (exact) mass is 411 g/mol. The summed E-state index contributed by atoms with van der Waals surface area (Å²) in [5.74, 6) is 1.72. The Morgan fingerprint density at radius 1 is 1.13 bits per heavy atom. The third kappa shape index (κ3) is 5.34. The number of carbonyl (C=O) groups excluding carboxylic acids is 1. The summed E-state index contributed by atoms with van der Waals surface area (Å²) in [6.07, 6.45) is 7.32. The van der Waals surface area contributed by atoms with Gasteiger partial charge in [-0.25, -0.2) is 9.97 Å². The summed E-state index contributed by atoms with van der Waals surface area (Å²) in [5.41, 5.74) is 1.57. The Labute approximate surface area is 175 Å². The van der Waals surface area contributed by atoms with E-state index in [1.165, 1.54) is 30.2 Å². The van der Waals surface area contributed by atoms with E-state index in [4.69, 9.17) is 0 Å². The van der Waals surface area contributed by atoms with Gasteiger partial charge in [-0.05, 0) is 39.0 Å². The summed E-state index contributed by atoms with van der Waals surface area (Å²) < 4.78 is 1.34. The number of amides is 1. The molecular weight excluding hydrogens is 382 g/mol. The molecule has 1 aliphatic heterocycles. The van der Waals surface area contributed by atoms with Crippen LogP contribution in [0.5, 0.6) is 0 Å². The fourth-order valence-electron chi connectivity index (χ4n) is 3.66. The van der Waals surface area contributed by atoms with E-state index >= 15 is 0 Å². The molecule has 2 aromatic heterocycles. The number of piperidine rings is 1. The molecule has 1 aliphatic carbocycles. The SMILES string of the molecule is Cc1cc(N2CCCCC2)nc(NCCNC(=O)Cn2cnc(C3CC3)cc2=O)n1. The molecule has 0 unspecified atom stereocenters. The molecule has 1 saturated heterocycles. The lowest BCUT2D eigenvalue weighted by Crippen LogP contribution is -2.35. The first-order chi connectivity index (χ1) is 14.6. The van der Waals surface area contributed by atoms with Crippen LogP contribution in [0.1, 0.15) is 49.4 Å². The summed E-state index contributed by atoms with van der Waals surface area (Å²) in [7, 11) is 0. The van der Waals surface area contributed by atoms with Crippen molar-refractivity contribution in [2.45, 2.75) is 51.5 Å². The van der Waals surface area contributed by atoms with Crippen LogP contribution in [-0.2, 0) is 11.3 Å². The molecule has 2 aliphatic rings. The highest BCUT2D eigenvalue weighted by Crippen LogP contribution is 2.38. The number of nitrogens with one attached hydrogen (secondary N) is 2. The highest BCUT2D eigenvalue weighted by atomic mass is 16.2. The van der Waals surface area contributed by atoms with E-state index in [1.54, 1.807) is 6.07 Å². The molecule has 2 aromatic rings. The van der Waals surface area contributed by atoms with Crippen LogP contribution in [-0.4, -0.2) is 51.6 Å². The first kappa shape index (κ1) is 20.3. The van der Waals surface area contributed by atoms with Crippen molar-refractivity contribution in [3.63, 3.8) is 0 Å². The highest BCUT2D eigenvalue weighted by Gasteiger charge is 2.25. The zero-order valence-electron chi connectivity index (χ0n) is 17.4. The van der Waals surface area contributed by atoms with Crippen LogP contribution < -0.4 is 21.1 Å². The average molecular weight is 412 g/mol. The smallest absolute Gasteiger partial charge is 0.254 e. The van der Waals surface area contributed by atoms with Crippen molar-refractivity contribution in [1.29, 1.82) is 0 Å². The first-order valence-electron chi connectivity index (χ1n) is 10.8. The molecule has 1 saturated carbocycles. The lowest BCUT2D eigenvalue weighted by atomic mass is 10.1. The molecule has 160 valence electrons. The highest BCUT2D eigenvalue weighted by molar-refractivity contribution is 5.75. The maximum atomic E-state index is 12.2. The van der Waals surface area contributed by atoms with E-state index in [-0.39, 0.29) is 18.0 Å². The second-order valence-electron chi connectivity index (χ2n) is 8.07. The van der Waals surface area contributed by atoms with Crippen LogP contribution in [0.25, 0.3) is 0 Å². The Hall–Kier alpha value is -2.97. The number of anilines is 2. The minimum Gasteiger partial charge on any atom is -0.356 e. The van der Waals surface area contributed by atoms with Gasteiger partial charge < -0.3 is 15.5 Å². The molecule has 3 heterocycles. The molecule has 0 atom stereocenters. The van der Waals surface area contributed by atoms with Crippen LogP contribution in [0, 0.1) is 6.92 Å². The number of nitrogens with zero attached hydrogens (tertiary/aromatic N) is 5. The van der Waals surface area contributed by atoms with Gasteiger partial charge in [0.15, 0.2) is 0 Å². The molecule has 0 aromatic carbocycles. The van der Waals surface area contributed by atoms with E-state index in [9.17, 15) is 9.59 Å². The standard InChI is InChI=1S/C21H29N7O2/c1-15-11-18(27-9-3-2-4-10-27)26-21(25-15)23-8-7-22-19(29)13-28-14-24-17(12-20(28)30)16-5-6-16/h11-12,14,16H,2-10,13H2,1H3,(H,22,29)(H,23,25,26). The van der Waals surface area contributed by atoms with Crippen molar-refractivity contribution in [2.75, 3.05) is 36.4 Å². The Morgan fingerprint density at radius 2 is 1.93 bits per heavy atom. The van der Waals surface area contributed by atoms with Crippen LogP contribution in [0.4, 0.5) is 11.8 Å². The summed E-state index contributed by atoms with van der Waals surface area (Å²) in [6.45, 7) is 4.91. The summed E-state index contributed by atoms with van der Waals surface area (Å²) in [5, 5.41) is 5.99. The fraction of sp³-hybridized carbons (Fsp3) is 0.571. The predicted octanol–water partition coefficient (Wildman–Crippen LogP) is 1.44. The molecule has 9 nitrogen and oxygen atoms in total. The van der Waals surface area contributed by atoms with Crippen molar-refractivity contribution < 1.29 is 4.79 Å². The van der Waals surface area contributed by atoms with Gasteiger partial charge in [-0.2, -0.15) is 4.98 Å². The average Bonchev–Trinajstić information content (AvgIpc) is 3.58. The molecule has 2 fully saturated rings. The van der Waals surface area contributed by atoms with E-state index in [2.05, 4.69) is 30.5 Å². The van der Waals surface area contributed by atoms with Crippen molar-refractivity contribution in [1.82, 2.24) is 24.8 Å². The van der Waals surface area contributed by atoms with Crippen LogP contribution in [0.3, 0.4) is 0 Å². The minimum absolute atomic E-state index is 0.0309. The second-order valence-corrected chi connectivity index (χ2v) is 8.07. The lowest BCUT2D eigenvalue weighted by molar-refractivity contribution is -0.121. The molecule has 30 heavy (non-hydrogen) atoms. The zero-order chi connectivity index (χ0) is 20.9. The van der Waals surface area contributed by atoms with Gasteiger partial charge in [0.1, 0.15) is 12.4 Å². The van der Waals surface area contributed by atoms with Crippen molar-refractivity contribution >= 4 is 17.7 Å². The van der Waals surface area contributed by atoms with Gasteiger partial charge in [0.25, 0.3) is 5.56 Å². The Kier molecular flexibility index (Phi) is 6.25. The number of aryl methyl sites for hydroxylation is 1. The summed E-state index contributed by atoms with van der Waals surface area (Å²) in [6, 6.07) is 3.56. The quantitative estimate of drug-likeness (QED) is 0.633. The molecule has 0 bridgehead atoms. The van der Waals surface area contributed by atoms with Crippen molar-refractivity contribution in [2.24, 2.45) is 0 Å². The third-order valence-corrected chi connectivity index (χ3v) is 5.46. The molecule has 2 N–H and O–H groups in total. The normalized spacial score (nSPS) is 16.4. The molecule has 0 radical (unpaired) electrons. The van der Waals surface area contributed by atoms with Gasteiger partial charge in [0.2, 0.25) is 11.9 Å². The van der Waals surface area contributed by atoms with Crippen LogP contribution >= 0.6 is 0 Å². The van der Waals surface area contributed by atoms with E-state index < -0.39 is 0 Å². The fourth-order valence-corrected chi connectivity index (χ4v) is 3.66. The third-order valence-electron chi connectivity index (χ3n) is 5.46. The van der Waals surface area contributed by atoms with Crippen LogP contribution in [0.2, 0.25) is 0 Å². The van der Waals surface area contributed by atoms with E-state index in [0.717, 1.165) is 43.1 Å². The molecule has 4 rings (SSSR count). The molecule has 1 amide bonds. The Bertz CT molecular complexity index is 949. The van der Waals surface area contributed by atoms with E-state index in [0.29, 0.717) is 25.0 Å². The van der Waals surface area contributed by atoms with Gasteiger partial charge in [0, 0.05) is 49.9 Å². The number of rotatable bonds is 8. The van der Waals surface area contributed by atoms with Gasteiger partial charge in [-0.1, -0.05) is 0 Å². The van der Waals surface area contributed by atoms with Gasteiger partial charge in [-0.15, -0.1) is 0 Å². The van der Waals surface area contributed by atoms with Crippen molar-refractivity contribution in [3.8, 4) is 0 Å². The largest absolute Gasteiger partial charge is 0.356 e. The lowest BCUT2D eigenvalue weighted by Gasteiger charge is -2.28. The number of aromatic nitrogens is 4. The summed E-state index contributed by atoms with van der Waals surface area (Å²) in [4.78, 5) is 39.9. The van der Waals surface area contributed by atoms with Gasteiger partial charge >= 0.3 is 0 Å². The number of carbonyl (C=O) groups is 1. The van der Waals surface area contributed by atoms with Crippen LogP contribution in [0.15, 0.2) is 23.3 Å². The summed E-state index contributed by atoms with van der Waals surface area (Å²) >= 11 is 0. The molecule has 9 heteroatoms. The topological polar surface area (TPSA) is 105 Å². The predicted molar refractivity (Wildman–Crippen MR) is 115 cm³/mol. The van der Waals surface area contributed by atoms with Gasteiger partial charge in [-0.3, -0.25) is 14.2 Å².